The summed E-state index contributed by atoms with van der Waals surface area (Å²) < 4.78 is 1.92. The van der Waals surface area contributed by atoms with E-state index in [-0.39, 0.29) is 0 Å². The Bertz CT molecular complexity index is 991. The van der Waals surface area contributed by atoms with Gasteiger partial charge >= 0.3 is 0 Å². The normalized spacial score (nSPS) is 11.6. The number of halogens is 1. The third kappa shape index (κ3) is 3.65. The van der Waals surface area contributed by atoms with Crippen molar-refractivity contribution in [3.63, 3.8) is 0 Å². The van der Waals surface area contributed by atoms with E-state index < -0.39 is 0 Å². The molecule has 0 radical (unpaired) electrons. The fourth-order valence-electron chi connectivity index (χ4n) is 2.63. The number of nitriles is 1. The Labute approximate surface area is 156 Å². The fraction of sp³-hybridized carbons (Fsp3) is 0.211. The van der Waals surface area contributed by atoms with Gasteiger partial charge in [0.15, 0.2) is 0 Å². The second kappa shape index (κ2) is 7.22. The van der Waals surface area contributed by atoms with Gasteiger partial charge in [-0.1, -0.05) is 29.8 Å². The van der Waals surface area contributed by atoms with Crippen LogP contribution in [0.25, 0.3) is 11.6 Å². The van der Waals surface area contributed by atoms with Crippen molar-refractivity contribution in [2.24, 2.45) is 0 Å². The maximum Gasteiger partial charge on any atom is 0.134 e. The largest absolute Gasteiger partial charge is 0.265 e. The summed E-state index contributed by atoms with van der Waals surface area (Å²) in [6.07, 6.45) is 1.87. The van der Waals surface area contributed by atoms with Crippen LogP contribution < -0.4 is 0 Å². The molecule has 0 fully saturated rings. The number of aromatic nitrogens is 3. The Morgan fingerprint density at radius 1 is 1.32 bits per heavy atom. The lowest BCUT2D eigenvalue weighted by Crippen LogP contribution is -2.04. The van der Waals surface area contributed by atoms with Gasteiger partial charge in [0.25, 0.3) is 0 Å². The van der Waals surface area contributed by atoms with Crippen LogP contribution in [-0.4, -0.2) is 14.8 Å². The molecule has 0 amide bonds. The monoisotopic (exact) mass is 368 g/mol. The van der Waals surface area contributed by atoms with Gasteiger partial charge in [-0.3, -0.25) is 4.68 Å². The third-order valence-corrected chi connectivity index (χ3v) is 5.34. The molecule has 1 aromatic carbocycles. The Morgan fingerprint density at radius 2 is 2.08 bits per heavy atom. The first-order valence-electron chi connectivity index (χ1n) is 7.81. The van der Waals surface area contributed by atoms with Crippen LogP contribution in [0, 0.1) is 32.1 Å². The molecule has 0 saturated heterocycles. The molecule has 0 saturated carbocycles. The summed E-state index contributed by atoms with van der Waals surface area (Å²) in [4.78, 5) is 4.41. The summed E-state index contributed by atoms with van der Waals surface area (Å²) in [5, 5.41) is 17.5. The molecule has 2 aromatic heterocycles. The van der Waals surface area contributed by atoms with E-state index in [0.717, 1.165) is 38.2 Å². The van der Waals surface area contributed by atoms with Gasteiger partial charge in [0, 0.05) is 27.4 Å². The number of allylic oxidation sites excluding steroid dienone is 1. The van der Waals surface area contributed by atoms with Crippen LogP contribution in [-0.2, 0) is 6.54 Å². The lowest BCUT2D eigenvalue weighted by atomic mass is 10.1. The van der Waals surface area contributed by atoms with Gasteiger partial charge in [0.2, 0.25) is 0 Å². The second-order valence-electron chi connectivity index (χ2n) is 5.80. The van der Waals surface area contributed by atoms with E-state index in [2.05, 4.69) is 16.2 Å². The van der Waals surface area contributed by atoms with Gasteiger partial charge < -0.3 is 0 Å². The molecular formula is C19H17ClN4S. The Kier molecular flexibility index (Phi) is 5.03. The predicted molar refractivity (Wildman–Crippen MR) is 103 cm³/mol. The van der Waals surface area contributed by atoms with E-state index in [9.17, 15) is 5.26 Å². The average Bonchev–Trinajstić information content (AvgIpc) is 3.12. The van der Waals surface area contributed by atoms with Crippen molar-refractivity contribution in [2.75, 3.05) is 0 Å². The molecule has 6 heteroatoms. The number of rotatable bonds is 4. The molecule has 0 atom stereocenters. The fourth-order valence-corrected chi connectivity index (χ4v) is 3.58. The van der Waals surface area contributed by atoms with E-state index in [4.69, 9.17) is 11.6 Å². The number of aryl methyl sites for hydroxylation is 2. The first kappa shape index (κ1) is 17.4. The predicted octanol–water partition coefficient (Wildman–Crippen LogP) is 5.03. The molecule has 25 heavy (non-hydrogen) atoms. The minimum Gasteiger partial charge on any atom is -0.265 e. The molecule has 0 aliphatic heterocycles. The number of nitrogens with zero attached hydrogens (tertiary/aromatic N) is 4. The van der Waals surface area contributed by atoms with E-state index in [1.54, 1.807) is 0 Å². The molecule has 0 unspecified atom stereocenters. The standard InChI is InChI=1S/C19H17ClN4S/c1-12-11-25-19(22-12)16(9-21)8-17-13(2)23-24(14(17)3)10-15-6-4-5-7-18(15)20/h4-8,11H,10H2,1-3H3. The molecule has 126 valence electrons. The number of benzene rings is 1. The quantitative estimate of drug-likeness (QED) is 0.607. The lowest BCUT2D eigenvalue weighted by Gasteiger charge is -2.06. The molecule has 3 rings (SSSR count). The molecular weight excluding hydrogens is 352 g/mol. The van der Waals surface area contributed by atoms with Crippen molar-refractivity contribution in [3.8, 4) is 6.07 Å². The average molecular weight is 369 g/mol. The highest BCUT2D eigenvalue weighted by molar-refractivity contribution is 7.11. The van der Waals surface area contributed by atoms with Crippen LogP contribution in [0.4, 0.5) is 0 Å². The molecule has 0 aliphatic rings. The van der Waals surface area contributed by atoms with Crippen LogP contribution in [0.15, 0.2) is 29.6 Å². The molecule has 0 spiro atoms. The highest BCUT2D eigenvalue weighted by Gasteiger charge is 2.14. The molecule has 3 aromatic rings. The van der Waals surface area contributed by atoms with Crippen LogP contribution in [0.3, 0.4) is 0 Å². The molecule has 0 aliphatic carbocycles. The maximum atomic E-state index is 9.51. The molecule has 4 nitrogen and oxygen atoms in total. The van der Waals surface area contributed by atoms with Crippen molar-refractivity contribution in [1.82, 2.24) is 14.8 Å². The third-order valence-electron chi connectivity index (χ3n) is 3.97. The zero-order chi connectivity index (χ0) is 18.0. The second-order valence-corrected chi connectivity index (χ2v) is 7.06. The zero-order valence-electron chi connectivity index (χ0n) is 14.2. The molecule has 2 heterocycles. The van der Waals surface area contributed by atoms with Gasteiger partial charge in [0.1, 0.15) is 11.1 Å². The Morgan fingerprint density at radius 3 is 2.72 bits per heavy atom. The lowest BCUT2D eigenvalue weighted by molar-refractivity contribution is 0.659. The SMILES string of the molecule is Cc1csc(C(C#N)=Cc2c(C)nn(Cc3ccccc3Cl)c2C)n1. The van der Waals surface area contributed by atoms with Gasteiger partial charge in [-0.25, -0.2) is 4.98 Å². The number of hydrogen-bond donors (Lipinski definition) is 0. The van der Waals surface area contributed by atoms with Crippen molar-refractivity contribution in [1.29, 1.82) is 5.26 Å². The van der Waals surface area contributed by atoms with Crippen LogP contribution in [0.2, 0.25) is 5.02 Å². The first-order chi connectivity index (χ1) is 12.0. The maximum absolute atomic E-state index is 9.51. The van der Waals surface area contributed by atoms with Crippen LogP contribution >= 0.6 is 22.9 Å². The number of hydrogen-bond acceptors (Lipinski definition) is 4. The highest BCUT2D eigenvalue weighted by atomic mass is 35.5. The summed E-state index contributed by atoms with van der Waals surface area (Å²) in [6, 6.07) is 10.0. The van der Waals surface area contributed by atoms with Gasteiger partial charge in [0.05, 0.1) is 17.8 Å². The Hall–Kier alpha value is -2.42. The minimum atomic E-state index is 0.557. The van der Waals surface area contributed by atoms with E-state index in [0.29, 0.717) is 12.1 Å². The van der Waals surface area contributed by atoms with E-state index in [1.807, 2.05) is 61.2 Å². The summed E-state index contributed by atoms with van der Waals surface area (Å²) in [7, 11) is 0. The van der Waals surface area contributed by atoms with Gasteiger partial charge in [-0.15, -0.1) is 11.3 Å². The van der Waals surface area contributed by atoms with E-state index >= 15 is 0 Å². The smallest absolute Gasteiger partial charge is 0.134 e. The summed E-state index contributed by atoms with van der Waals surface area (Å²) >= 11 is 7.74. The summed E-state index contributed by atoms with van der Waals surface area (Å²) in [5.74, 6) is 0. The van der Waals surface area contributed by atoms with Crippen molar-refractivity contribution < 1.29 is 0 Å². The van der Waals surface area contributed by atoms with Gasteiger partial charge in [-0.05, 0) is 38.5 Å². The Balaban J connectivity index is 1.98. The van der Waals surface area contributed by atoms with Crippen LogP contribution in [0.5, 0.6) is 0 Å². The van der Waals surface area contributed by atoms with Gasteiger partial charge in [-0.2, -0.15) is 10.4 Å². The van der Waals surface area contributed by atoms with E-state index in [1.165, 1.54) is 11.3 Å². The number of thiazole rings is 1. The minimum absolute atomic E-state index is 0.557. The van der Waals surface area contributed by atoms with Crippen molar-refractivity contribution >= 4 is 34.6 Å². The molecule has 0 N–H and O–H groups in total. The van der Waals surface area contributed by atoms with Crippen LogP contribution in [0.1, 0.15) is 33.2 Å². The topological polar surface area (TPSA) is 54.5 Å². The highest BCUT2D eigenvalue weighted by Crippen LogP contribution is 2.25. The zero-order valence-corrected chi connectivity index (χ0v) is 15.8. The summed E-state index contributed by atoms with van der Waals surface area (Å²) in [6.45, 7) is 6.47. The first-order valence-corrected chi connectivity index (χ1v) is 9.07. The summed E-state index contributed by atoms with van der Waals surface area (Å²) in [5.41, 5.74) is 5.33. The molecule has 0 bridgehead atoms. The van der Waals surface area contributed by atoms with Crippen molar-refractivity contribution in [3.05, 3.63) is 67.9 Å². The van der Waals surface area contributed by atoms with Crippen molar-refractivity contribution in [2.45, 2.75) is 27.3 Å².